The van der Waals surface area contributed by atoms with Gasteiger partial charge in [-0.1, -0.05) is 62.0 Å². The van der Waals surface area contributed by atoms with Gasteiger partial charge in [-0.15, -0.1) is 10.2 Å². The summed E-state index contributed by atoms with van der Waals surface area (Å²) in [4.78, 5) is 0. The first kappa shape index (κ1) is 13.9. The first-order valence-electron chi connectivity index (χ1n) is 6.80. The fraction of sp³-hybridized carbons (Fsp3) is 0.375. The number of benzene rings is 1. The van der Waals surface area contributed by atoms with Crippen molar-refractivity contribution in [1.29, 1.82) is 0 Å². The molecular weight excluding hydrogens is 252 g/mol. The maximum Gasteiger partial charge on any atom is 0.148 e. The summed E-state index contributed by atoms with van der Waals surface area (Å²) in [6.07, 6.45) is 6.64. The number of nitrogens with zero attached hydrogens (tertiary/aromatic N) is 2. The lowest BCUT2D eigenvalue weighted by Crippen LogP contribution is -1.84. The van der Waals surface area contributed by atoms with Gasteiger partial charge in [0.05, 0.1) is 0 Å². The number of hydrogen-bond donors (Lipinski definition) is 0. The summed E-state index contributed by atoms with van der Waals surface area (Å²) in [5.41, 5.74) is 3.56. The van der Waals surface area contributed by atoms with Crippen molar-refractivity contribution in [2.75, 3.05) is 0 Å². The third-order valence-electron chi connectivity index (χ3n) is 3.18. The Hall–Kier alpha value is -1.48. The van der Waals surface area contributed by atoms with Crippen molar-refractivity contribution >= 4 is 17.4 Å². The first-order chi connectivity index (χ1) is 9.24. The number of hydrogen-bond acceptors (Lipinski definition) is 3. The summed E-state index contributed by atoms with van der Waals surface area (Å²) >= 11 is 1.72. The molecule has 1 aromatic heterocycles. The second kappa shape index (κ2) is 6.62. The van der Waals surface area contributed by atoms with Gasteiger partial charge in [0.15, 0.2) is 0 Å². The molecule has 0 saturated heterocycles. The smallest absolute Gasteiger partial charge is 0.143 e. The lowest BCUT2D eigenvalue weighted by atomic mass is 10.1. The number of unbranched alkanes of at least 4 members (excludes halogenated alkanes) is 2. The molecule has 100 valence electrons. The molecule has 0 amide bonds. The van der Waals surface area contributed by atoms with Gasteiger partial charge in [-0.05, 0) is 24.5 Å². The Bertz CT molecular complexity index is 558. The molecule has 2 aromatic rings. The second-order valence-electron chi connectivity index (χ2n) is 4.74. The molecule has 0 saturated carbocycles. The molecule has 0 aliphatic rings. The van der Waals surface area contributed by atoms with Crippen LogP contribution in [0.15, 0.2) is 24.8 Å². The molecule has 1 aromatic carbocycles. The van der Waals surface area contributed by atoms with Crippen LogP contribution in [-0.4, -0.2) is 10.2 Å². The molecule has 0 aliphatic heterocycles. The highest BCUT2D eigenvalue weighted by Crippen LogP contribution is 2.28. The molecule has 0 fully saturated rings. The Morgan fingerprint density at radius 3 is 2.79 bits per heavy atom. The predicted octanol–water partition coefficient (Wildman–Crippen LogP) is 4.89. The lowest BCUT2D eigenvalue weighted by molar-refractivity contribution is 0.710. The van der Waals surface area contributed by atoms with E-state index < -0.39 is 0 Å². The van der Waals surface area contributed by atoms with Crippen molar-refractivity contribution in [3.63, 3.8) is 0 Å². The standard InChI is InChI=1S/C16H20N2S/c1-4-6-7-8-15-17-18-16(19-15)14-10-9-13(5-2)11-12(14)3/h5,9-11H,2,4,6-8H2,1,3H3. The molecular formula is C16H20N2S. The topological polar surface area (TPSA) is 25.8 Å². The summed E-state index contributed by atoms with van der Waals surface area (Å²) in [5.74, 6) is 0. The third kappa shape index (κ3) is 3.51. The molecule has 3 heteroatoms. The van der Waals surface area contributed by atoms with E-state index in [-0.39, 0.29) is 0 Å². The molecule has 0 atom stereocenters. The minimum absolute atomic E-state index is 1.03. The minimum Gasteiger partial charge on any atom is -0.143 e. The van der Waals surface area contributed by atoms with E-state index in [0.717, 1.165) is 22.0 Å². The molecule has 0 unspecified atom stereocenters. The van der Waals surface area contributed by atoms with E-state index in [0.29, 0.717) is 0 Å². The number of aryl methyl sites for hydroxylation is 2. The van der Waals surface area contributed by atoms with Crippen LogP contribution in [0.2, 0.25) is 0 Å². The molecule has 0 N–H and O–H groups in total. The summed E-state index contributed by atoms with van der Waals surface area (Å²) < 4.78 is 0. The average molecular weight is 272 g/mol. The van der Waals surface area contributed by atoms with Crippen molar-refractivity contribution in [2.45, 2.75) is 39.5 Å². The Labute approximate surface area is 119 Å². The normalized spacial score (nSPS) is 10.6. The quantitative estimate of drug-likeness (QED) is 0.700. The van der Waals surface area contributed by atoms with Crippen LogP contribution in [-0.2, 0) is 6.42 Å². The lowest BCUT2D eigenvalue weighted by Gasteiger charge is -2.02. The largest absolute Gasteiger partial charge is 0.148 e. The van der Waals surface area contributed by atoms with E-state index in [1.165, 1.54) is 30.4 Å². The number of aromatic nitrogens is 2. The van der Waals surface area contributed by atoms with Crippen LogP contribution in [0.4, 0.5) is 0 Å². The van der Waals surface area contributed by atoms with Crippen LogP contribution in [0.5, 0.6) is 0 Å². The molecule has 1 heterocycles. The van der Waals surface area contributed by atoms with Gasteiger partial charge >= 0.3 is 0 Å². The summed E-state index contributed by atoms with van der Waals surface area (Å²) in [6, 6.07) is 6.33. The molecule has 0 bridgehead atoms. The van der Waals surface area contributed by atoms with Crippen LogP contribution >= 0.6 is 11.3 Å². The molecule has 0 spiro atoms. The van der Waals surface area contributed by atoms with Gasteiger partial charge in [-0.2, -0.15) is 0 Å². The van der Waals surface area contributed by atoms with Crippen LogP contribution in [0.3, 0.4) is 0 Å². The van der Waals surface area contributed by atoms with E-state index in [2.05, 4.69) is 48.8 Å². The van der Waals surface area contributed by atoms with Crippen LogP contribution in [0.1, 0.15) is 42.3 Å². The Morgan fingerprint density at radius 1 is 1.26 bits per heavy atom. The fourth-order valence-corrected chi connectivity index (χ4v) is 3.02. The highest BCUT2D eigenvalue weighted by molar-refractivity contribution is 7.14. The summed E-state index contributed by atoms with van der Waals surface area (Å²) in [7, 11) is 0. The minimum atomic E-state index is 1.03. The van der Waals surface area contributed by atoms with Crippen LogP contribution in [0, 0.1) is 6.92 Å². The van der Waals surface area contributed by atoms with Crippen molar-refractivity contribution < 1.29 is 0 Å². The van der Waals surface area contributed by atoms with Crippen LogP contribution < -0.4 is 0 Å². The first-order valence-corrected chi connectivity index (χ1v) is 7.62. The predicted molar refractivity (Wildman–Crippen MR) is 83.4 cm³/mol. The number of rotatable bonds is 6. The van der Waals surface area contributed by atoms with Crippen LogP contribution in [0.25, 0.3) is 16.6 Å². The zero-order valence-corrected chi connectivity index (χ0v) is 12.5. The second-order valence-corrected chi connectivity index (χ2v) is 5.80. The van der Waals surface area contributed by atoms with E-state index in [9.17, 15) is 0 Å². The van der Waals surface area contributed by atoms with Gasteiger partial charge in [0.2, 0.25) is 0 Å². The highest BCUT2D eigenvalue weighted by atomic mass is 32.1. The Morgan fingerprint density at radius 2 is 2.11 bits per heavy atom. The average Bonchev–Trinajstić information content (AvgIpc) is 2.87. The van der Waals surface area contributed by atoms with Gasteiger partial charge in [-0.3, -0.25) is 0 Å². The highest BCUT2D eigenvalue weighted by Gasteiger charge is 2.09. The summed E-state index contributed by atoms with van der Waals surface area (Å²) in [6.45, 7) is 8.12. The van der Waals surface area contributed by atoms with E-state index in [4.69, 9.17) is 0 Å². The van der Waals surface area contributed by atoms with Gasteiger partial charge < -0.3 is 0 Å². The summed E-state index contributed by atoms with van der Waals surface area (Å²) in [5, 5.41) is 10.8. The molecule has 0 aliphatic carbocycles. The molecule has 0 radical (unpaired) electrons. The van der Waals surface area contributed by atoms with Crippen molar-refractivity contribution in [3.8, 4) is 10.6 Å². The zero-order chi connectivity index (χ0) is 13.7. The van der Waals surface area contributed by atoms with E-state index in [1.807, 2.05) is 6.08 Å². The SMILES string of the molecule is C=Cc1ccc(-c2nnc(CCCCC)s2)c(C)c1. The molecule has 2 rings (SSSR count). The van der Waals surface area contributed by atoms with Crippen molar-refractivity contribution in [2.24, 2.45) is 0 Å². The maximum atomic E-state index is 4.32. The monoisotopic (exact) mass is 272 g/mol. The van der Waals surface area contributed by atoms with Gasteiger partial charge in [-0.25, -0.2) is 0 Å². The van der Waals surface area contributed by atoms with Gasteiger partial charge in [0.1, 0.15) is 10.0 Å². The third-order valence-corrected chi connectivity index (χ3v) is 4.19. The Kier molecular flexibility index (Phi) is 4.86. The van der Waals surface area contributed by atoms with Gasteiger partial charge in [0.25, 0.3) is 0 Å². The fourth-order valence-electron chi connectivity index (χ4n) is 2.04. The molecule has 19 heavy (non-hydrogen) atoms. The maximum absolute atomic E-state index is 4.32. The van der Waals surface area contributed by atoms with E-state index >= 15 is 0 Å². The van der Waals surface area contributed by atoms with Crippen molar-refractivity contribution in [3.05, 3.63) is 40.9 Å². The zero-order valence-electron chi connectivity index (χ0n) is 11.6. The van der Waals surface area contributed by atoms with E-state index in [1.54, 1.807) is 11.3 Å². The molecule has 2 nitrogen and oxygen atoms in total. The Balaban J connectivity index is 2.15. The van der Waals surface area contributed by atoms with Crippen molar-refractivity contribution in [1.82, 2.24) is 10.2 Å². The van der Waals surface area contributed by atoms with Gasteiger partial charge in [0, 0.05) is 12.0 Å².